The van der Waals surface area contributed by atoms with Gasteiger partial charge in [0, 0.05) is 17.1 Å². The third kappa shape index (κ3) is 5.19. The summed E-state index contributed by atoms with van der Waals surface area (Å²) in [4.78, 5) is 22.4. The van der Waals surface area contributed by atoms with Crippen LogP contribution in [0, 0.1) is 5.41 Å². The maximum atomic E-state index is 11.8. The maximum absolute atomic E-state index is 11.8. The van der Waals surface area contributed by atoms with Crippen LogP contribution >= 0.6 is 11.6 Å². The first-order chi connectivity index (χ1) is 8.28. The number of carboxylic acid groups (broad SMARTS) is 1. The van der Waals surface area contributed by atoms with E-state index < -0.39 is 11.4 Å². The standard InChI is InChI=1S/C13H16ClNO3/c1-13(2,8-12(17)18)7-11(16)15-10-5-3-9(14)4-6-10/h3-6H,7-8H2,1-2H3,(H,15,16)(H,17,18). The zero-order valence-electron chi connectivity index (χ0n) is 10.4. The highest BCUT2D eigenvalue weighted by molar-refractivity contribution is 6.30. The third-order valence-electron chi connectivity index (χ3n) is 2.40. The monoisotopic (exact) mass is 269 g/mol. The largest absolute Gasteiger partial charge is 0.481 e. The number of carboxylic acids is 1. The van der Waals surface area contributed by atoms with Crippen molar-refractivity contribution < 1.29 is 14.7 Å². The molecule has 0 fully saturated rings. The van der Waals surface area contributed by atoms with Gasteiger partial charge >= 0.3 is 5.97 Å². The highest BCUT2D eigenvalue weighted by Crippen LogP contribution is 2.25. The Morgan fingerprint density at radius 2 is 1.78 bits per heavy atom. The third-order valence-corrected chi connectivity index (χ3v) is 2.65. The summed E-state index contributed by atoms with van der Waals surface area (Å²) in [5.74, 6) is -1.11. The van der Waals surface area contributed by atoms with E-state index in [0.717, 1.165) is 0 Å². The number of carbonyl (C=O) groups excluding carboxylic acids is 1. The number of carbonyl (C=O) groups is 2. The first-order valence-electron chi connectivity index (χ1n) is 5.56. The smallest absolute Gasteiger partial charge is 0.303 e. The summed E-state index contributed by atoms with van der Waals surface area (Å²) in [6, 6.07) is 6.76. The van der Waals surface area contributed by atoms with Crippen molar-refractivity contribution in [3.05, 3.63) is 29.3 Å². The van der Waals surface area contributed by atoms with Crippen molar-refractivity contribution in [2.75, 3.05) is 5.32 Å². The molecule has 1 amide bonds. The molecule has 0 saturated carbocycles. The molecular weight excluding hydrogens is 254 g/mol. The molecule has 0 atom stereocenters. The van der Waals surface area contributed by atoms with E-state index in [0.29, 0.717) is 10.7 Å². The van der Waals surface area contributed by atoms with Gasteiger partial charge < -0.3 is 10.4 Å². The van der Waals surface area contributed by atoms with Gasteiger partial charge in [0.1, 0.15) is 0 Å². The number of rotatable bonds is 5. The van der Waals surface area contributed by atoms with Crippen LogP contribution in [0.3, 0.4) is 0 Å². The van der Waals surface area contributed by atoms with Crippen LogP contribution in [-0.2, 0) is 9.59 Å². The molecule has 0 radical (unpaired) electrons. The second-order valence-electron chi connectivity index (χ2n) is 4.97. The van der Waals surface area contributed by atoms with Gasteiger partial charge in [0.2, 0.25) is 5.91 Å². The van der Waals surface area contributed by atoms with Crippen molar-refractivity contribution >= 4 is 29.2 Å². The van der Waals surface area contributed by atoms with E-state index in [2.05, 4.69) is 5.32 Å². The maximum Gasteiger partial charge on any atom is 0.303 e. The minimum absolute atomic E-state index is 0.0406. The van der Waals surface area contributed by atoms with E-state index >= 15 is 0 Å². The summed E-state index contributed by atoms with van der Waals surface area (Å²) in [5.41, 5.74) is 0.0815. The predicted molar refractivity (Wildman–Crippen MR) is 70.7 cm³/mol. The predicted octanol–water partition coefficient (Wildman–Crippen LogP) is 3.17. The molecule has 98 valence electrons. The topological polar surface area (TPSA) is 66.4 Å². The molecule has 1 aromatic rings. The fourth-order valence-electron chi connectivity index (χ4n) is 1.64. The average molecular weight is 270 g/mol. The Kier molecular flexibility index (Phi) is 4.73. The molecule has 1 rings (SSSR count). The van der Waals surface area contributed by atoms with Crippen molar-refractivity contribution in [2.45, 2.75) is 26.7 Å². The Balaban J connectivity index is 2.56. The number of hydrogen-bond donors (Lipinski definition) is 2. The summed E-state index contributed by atoms with van der Waals surface area (Å²) in [6.07, 6.45) is 0.114. The molecule has 0 aliphatic rings. The quantitative estimate of drug-likeness (QED) is 0.863. The molecular formula is C13H16ClNO3. The number of amides is 1. The molecule has 0 aliphatic carbocycles. The van der Waals surface area contributed by atoms with Crippen molar-refractivity contribution in [1.29, 1.82) is 0 Å². The van der Waals surface area contributed by atoms with Gasteiger partial charge in [0.15, 0.2) is 0 Å². The summed E-state index contributed by atoms with van der Waals surface area (Å²) >= 11 is 5.73. The number of benzene rings is 1. The first-order valence-corrected chi connectivity index (χ1v) is 5.93. The van der Waals surface area contributed by atoms with Gasteiger partial charge in [0.25, 0.3) is 0 Å². The fourth-order valence-corrected chi connectivity index (χ4v) is 1.77. The molecule has 0 heterocycles. The van der Waals surface area contributed by atoms with E-state index in [1.807, 2.05) is 0 Å². The van der Waals surface area contributed by atoms with Gasteiger partial charge in [-0.05, 0) is 29.7 Å². The SMILES string of the molecule is CC(C)(CC(=O)O)CC(=O)Nc1ccc(Cl)cc1. The Morgan fingerprint density at radius 3 is 2.28 bits per heavy atom. The van der Waals surface area contributed by atoms with Crippen LogP contribution in [0.2, 0.25) is 5.02 Å². The summed E-state index contributed by atoms with van der Waals surface area (Å²) in [7, 11) is 0. The van der Waals surface area contributed by atoms with Gasteiger partial charge in [-0.2, -0.15) is 0 Å². The summed E-state index contributed by atoms with van der Waals surface area (Å²) in [5, 5.41) is 12.0. The van der Waals surface area contributed by atoms with E-state index in [1.54, 1.807) is 38.1 Å². The minimum Gasteiger partial charge on any atom is -0.481 e. The lowest BCUT2D eigenvalue weighted by atomic mass is 9.85. The van der Waals surface area contributed by atoms with Crippen LogP contribution in [0.15, 0.2) is 24.3 Å². The van der Waals surface area contributed by atoms with Crippen LogP contribution in [0.5, 0.6) is 0 Å². The van der Waals surface area contributed by atoms with Crippen LogP contribution < -0.4 is 5.32 Å². The molecule has 0 bridgehead atoms. The minimum atomic E-state index is -0.903. The van der Waals surface area contributed by atoms with Gasteiger partial charge in [-0.1, -0.05) is 25.4 Å². The fraction of sp³-hybridized carbons (Fsp3) is 0.385. The van der Waals surface area contributed by atoms with E-state index in [1.165, 1.54) is 0 Å². The van der Waals surface area contributed by atoms with Crippen molar-refractivity contribution in [3.8, 4) is 0 Å². The molecule has 0 aromatic heterocycles. The second-order valence-corrected chi connectivity index (χ2v) is 5.40. The Morgan fingerprint density at radius 1 is 1.22 bits per heavy atom. The normalized spacial score (nSPS) is 11.1. The zero-order valence-corrected chi connectivity index (χ0v) is 11.1. The zero-order chi connectivity index (χ0) is 13.8. The van der Waals surface area contributed by atoms with Gasteiger partial charge in [-0.25, -0.2) is 0 Å². The van der Waals surface area contributed by atoms with Crippen molar-refractivity contribution in [3.63, 3.8) is 0 Å². The van der Waals surface area contributed by atoms with Gasteiger partial charge in [-0.15, -0.1) is 0 Å². The number of halogens is 1. The molecule has 1 aromatic carbocycles. The molecule has 2 N–H and O–H groups in total. The lowest BCUT2D eigenvalue weighted by molar-refractivity contribution is -0.139. The molecule has 4 nitrogen and oxygen atoms in total. The molecule has 0 spiro atoms. The van der Waals surface area contributed by atoms with Crippen LogP contribution in [0.25, 0.3) is 0 Å². The number of aliphatic carboxylic acids is 1. The Labute approximate surface area is 111 Å². The number of hydrogen-bond acceptors (Lipinski definition) is 2. The van der Waals surface area contributed by atoms with Crippen molar-refractivity contribution in [2.24, 2.45) is 5.41 Å². The molecule has 0 unspecified atom stereocenters. The Bertz CT molecular complexity index is 440. The van der Waals surface area contributed by atoms with E-state index in [9.17, 15) is 9.59 Å². The number of nitrogens with one attached hydrogen (secondary N) is 1. The van der Waals surface area contributed by atoms with Crippen LogP contribution in [-0.4, -0.2) is 17.0 Å². The average Bonchev–Trinajstić information content (AvgIpc) is 2.18. The molecule has 18 heavy (non-hydrogen) atoms. The second kappa shape index (κ2) is 5.87. The van der Waals surface area contributed by atoms with Crippen LogP contribution in [0.4, 0.5) is 5.69 Å². The van der Waals surface area contributed by atoms with Gasteiger partial charge in [-0.3, -0.25) is 9.59 Å². The molecule has 0 saturated heterocycles. The van der Waals surface area contributed by atoms with Crippen LogP contribution in [0.1, 0.15) is 26.7 Å². The highest BCUT2D eigenvalue weighted by Gasteiger charge is 2.25. The van der Waals surface area contributed by atoms with Crippen molar-refractivity contribution in [1.82, 2.24) is 0 Å². The summed E-state index contributed by atoms with van der Waals surface area (Å²) in [6.45, 7) is 3.51. The Hall–Kier alpha value is -1.55. The molecule has 0 aliphatic heterocycles. The first kappa shape index (κ1) is 14.5. The van der Waals surface area contributed by atoms with E-state index in [4.69, 9.17) is 16.7 Å². The molecule has 5 heteroatoms. The summed E-state index contributed by atoms with van der Waals surface area (Å²) < 4.78 is 0. The lowest BCUT2D eigenvalue weighted by Crippen LogP contribution is -2.24. The highest BCUT2D eigenvalue weighted by atomic mass is 35.5. The van der Waals surface area contributed by atoms with E-state index in [-0.39, 0.29) is 18.7 Å². The number of anilines is 1. The van der Waals surface area contributed by atoms with Gasteiger partial charge in [0.05, 0.1) is 6.42 Å². The lowest BCUT2D eigenvalue weighted by Gasteiger charge is -2.21.